The SMILES string of the molecule is CCSc1cccc(Nc2c(C)cccc2C)c1C(N)=S. The molecule has 2 aromatic rings. The molecule has 0 atom stereocenters. The Labute approximate surface area is 136 Å². The first-order valence-corrected chi connectivity index (χ1v) is 8.32. The minimum atomic E-state index is 0.431. The molecule has 0 heterocycles. The monoisotopic (exact) mass is 316 g/mol. The van der Waals surface area contributed by atoms with E-state index in [1.54, 1.807) is 11.8 Å². The predicted octanol–water partition coefficient (Wildman–Crippen LogP) is 4.79. The molecule has 2 nitrogen and oxygen atoms in total. The van der Waals surface area contributed by atoms with E-state index in [1.807, 2.05) is 12.1 Å². The first kappa shape index (κ1) is 15.9. The van der Waals surface area contributed by atoms with Crippen molar-refractivity contribution in [3.63, 3.8) is 0 Å². The molecule has 3 N–H and O–H groups in total. The van der Waals surface area contributed by atoms with Crippen LogP contribution in [0.4, 0.5) is 11.4 Å². The van der Waals surface area contributed by atoms with Gasteiger partial charge in [-0.2, -0.15) is 0 Å². The largest absolute Gasteiger partial charge is 0.389 e. The molecule has 0 saturated heterocycles. The van der Waals surface area contributed by atoms with Crippen LogP contribution in [-0.2, 0) is 0 Å². The lowest BCUT2D eigenvalue weighted by molar-refractivity contribution is 1.33. The van der Waals surface area contributed by atoms with E-state index in [0.29, 0.717) is 4.99 Å². The van der Waals surface area contributed by atoms with Gasteiger partial charge in [0.05, 0.1) is 0 Å². The van der Waals surface area contributed by atoms with Gasteiger partial charge in [-0.15, -0.1) is 11.8 Å². The van der Waals surface area contributed by atoms with Gasteiger partial charge in [-0.25, -0.2) is 0 Å². The third-order valence-corrected chi connectivity index (χ3v) is 4.46. The fourth-order valence-corrected chi connectivity index (χ4v) is 3.45. The Balaban J connectivity index is 2.49. The molecule has 0 spiro atoms. The molecule has 0 amide bonds. The summed E-state index contributed by atoms with van der Waals surface area (Å²) in [6.45, 7) is 6.32. The van der Waals surface area contributed by atoms with Crippen LogP contribution >= 0.6 is 24.0 Å². The number of rotatable bonds is 5. The van der Waals surface area contributed by atoms with Crippen LogP contribution in [0.1, 0.15) is 23.6 Å². The second-order valence-corrected chi connectivity index (χ2v) is 6.61. The molecule has 4 heteroatoms. The van der Waals surface area contributed by atoms with Crippen molar-refractivity contribution in [2.45, 2.75) is 25.7 Å². The normalized spacial score (nSPS) is 10.4. The maximum atomic E-state index is 5.95. The summed E-state index contributed by atoms with van der Waals surface area (Å²) < 4.78 is 0. The number of benzene rings is 2. The lowest BCUT2D eigenvalue weighted by Gasteiger charge is -2.17. The minimum Gasteiger partial charge on any atom is -0.389 e. The molecular weight excluding hydrogens is 296 g/mol. The summed E-state index contributed by atoms with van der Waals surface area (Å²) in [5.74, 6) is 0.989. The average molecular weight is 316 g/mol. The lowest BCUT2D eigenvalue weighted by atomic mass is 10.1. The van der Waals surface area contributed by atoms with E-state index in [-0.39, 0.29) is 0 Å². The number of thioether (sulfide) groups is 1. The Bertz CT molecular complexity index is 646. The lowest BCUT2D eigenvalue weighted by Crippen LogP contribution is -2.14. The van der Waals surface area contributed by atoms with Crippen LogP contribution in [0.3, 0.4) is 0 Å². The molecule has 110 valence electrons. The molecule has 0 bridgehead atoms. The van der Waals surface area contributed by atoms with Gasteiger partial charge in [0, 0.05) is 21.8 Å². The van der Waals surface area contributed by atoms with Crippen LogP contribution in [-0.4, -0.2) is 10.7 Å². The van der Waals surface area contributed by atoms with E-state index in [0.717, 1.165) is 27.6 Å². The highest BCUT2D eigenvalue weighted by atomic mass is 32.2. The van der Waals surface area contributed by atoms with Crippen molar-refractivity contribution < 1.29 is 0 Å². The molecule has 0 saturated carbocycles. The van der Waals surface area contributed by atoms with Crippen LogP contribution in [0.2, 0.25) is 0 Å². The average Bonchev–Trinajstić information content (AvgIpc) is 2.43. The Morgan fingerprint density at radius 2 is 1.76 bits per heavy atom. The number of anilines is 2. The van der Waals surface area contributed by atoms with E-state index in [2.05, 4.69) is 50.4 Å². The second-order valence-electron chi connectivity index (χ2n) is 4.87. The molecule has 0 radical (unpaired) electrons. The third kappa shape index (κ3) is 3.57. The van der Waals surface area contributed by atoms with Crippen molar-refractivity contribution in [3.8, 4) is 0 Å². The fourth-order valence-electron chi connectivity index (χ4n) is 2.31. The highest BCUT2D eigenvalue weighted by molar-refractivity contribution is 7.99. The highest BCUT2D eigenvalue weighted by Crippen LogP contribution is 2.32. The first-order chi connectivity index (χ1) is 10.0. The Hall–Kier alpha value is -1.52. The zero-order chi connectivity index (χ0) is 15.4. The molecule has 0 unspecified atom stereocenters. The standard InChI is InChI=1S/C17H20N2S2/c1-4-21-14-10-6-9-13(15(14)17(18)20)19-16-11(2)7-5-8-12(16)3/h5-10,19H,4H2,1-3H3,(H2,18,20). The number of nitrogens with one attached hydrogen (secondary N) is 1. The van der Waals surface area contributed by atoms with Gasteiger partial charge in [0.15, 0.2) is 0 Å². The fraction of sp³-hybridized carbons (Fsp3) is 0.235. The number of aryl methyl sites for hydroxylation is 2. The Morgan fingerprint density at radius 3 is 2.33 bits per heavy atom. The summed E-state index contributed by atoms with van der Waals surface area (Å²) in [6.07, 6.45) is 0. The van der Waals surface area contributed by atoms with Crippen LogP contribution in [0.15, 0.2) is 41.3 Å². The molecule has 21 heavy (non-hydrogen) atoms. The minimum absolute atomic E-state index is 0.431. The maximum absolute atomic E-state index is 5.95. The quantitative estimate of drug-likeness (QED) is 0.614. The van der Waals surface area contributed by atoms with Crippen LogP contribution in [0.5, 0.6) is 0 Å². The van der Waals surface area contributed by atoms with Crippen molar-refractivity contribution in [3.05, 3.63) is 53.1 Å². The van der Waals surface area contributed by atoms with Gasteiger partial charge in [-0.3, -0.25) is 0 Å². The third-order valence-electron chi connectivity index (χ3n) is 3.31. The van der Waals surface area contributed by atoms with E-state index in [9.17, 15) is 0 Å². The molecule has 0 aliphatic rings. The highest BCUT2D eigenvalue weighted by Gasteiger charge is 2.12. The van der Waals surface area contributed by atoms with E-state index >= 15 is 0 Å². The predicted molar refractivity (Wildman–Crippen MR) is 97.9 cm³/mol. The van der Waals surface area contributed by atoms with Crippen LogP contribution < -0.4 is 11.1 Å². The maximum Gasteiger partial charge on any atom is 0.107 e. The Kier molecular flexibility index (Phi) is 5.26. The zero-order valence-electron chi connectivity index (χ0n) is 12.6. The molecule has 2 aromatic carbocycles. The van der Waals surface area contributed by atoms with Gasteiger partial charge in [-0.1, -0.05) is 43.4 Å². The second kappa shape index (κ2) is 6.96. The summed E-state index contributed by atoms with van der Waals surface area (Å²) in [6, 6.07) is 12.4. The van der Waals surface area contributed by atoms with E-state index < -0.39 is 0 Å². The smallest absolute Gasteiger partial charge is 0.107 e. The van der Waals surface area contributed by atoms with Crippen molar-refractivity contribution >= 4 is 40.3 Å². The van der Waals surface area contributed by atoms with Gasteiger partial charge in [-0.05, 0) is 42.9 Å². The number of thiocarbonyl (C=S) groups is 1. The molecule has 2 rings (SSSR count). The summed E-state index contributed by atoms with van der Waals surface area (Å²) in [4.78, 5) is 1.56. The number of hydrogen-bond acceptors (Lipinski definition) is 3. The van der Waals surface area contributed by atoms with Crippen LogP contribution in [0.25, 0.3) is 0 Å². The van der Waals surface area contributed by atoms with Crippen molar-refractivity contribution in [2.24, 2.45) is 5.73 Å². The topological polar surface area (TPSA) is 38.0 Å². The van der Waals surface area contributed by atoms with Gasteiger partial charge >= 0.3 is 0 Å². The van der Waals surface area contributed by atoms with Crippen molar-refractivity contribution in [2.75, 3.05) is 11.1 Å². The number of para-hydroxylation sites is 1. The van der Waals surface area contributed by atoms with Crippen molar-refractivity contribution in [1.29, 1.82) is 0 Å². The first-order valence-electron chi connectivity index (χ1n) is 6.93. The van der Waals surface area contributed by atoms with Gasteiger partial charge < -0.3 is 11.1 Å². The molecule has 0 fully saturated rings. The van der Waals surface area contributed by atoms with E-state index in [1.165, 1.54) is 11.1 Å². The molecule has 0 aliphatic carbocycles. The van der Waals surface area contributed by atoms with Crippen molar-refractivity contribution in [1.82, 2.24) is 0 Å². The van der Waals surface area contributed by atoms with Crippen LogP contribution in [0, 0.1) is 13.8 Å². The molecular formula is C17H20N2S2. The zero-order valence-corrected chi connectivity index (χ0v) is 14.2. The molecule has 0 aromatic heterocycles. The number of hydrogen-bond donors (Lipinski definition) is 2. The van der Waals surface area contributed by atoms with E-state index in [4.69, 9.17) is 18.0 Å². The van der Waals surface area contributed by atoms with Gasteiger partial charge in [0.25, 0.3) is 0 Å². The van der Waals surface area contributed by atoms with Gasteiger partial charge in [0.1, 0.15) is 4.99 Å². The molecule has 0 aliphatic heterocycles. The van der Waals surface area contributed by atoms with Gasteiger partial charge in [0.2, 0.25) is 0 Å². The summed E-state index contributed by atoms with van der Waals surface area (Å²) >= 11 is 7.01. The summed E-state index contributed by atoms with van der Waals surface area (Å²) in [7, 11) is 0. The Morgan fingerprint density at radius 1 is 1.14 bits per heavy atom. The summed E-state index contributed by atoms with van der Waals surface area (Å²) in [5, 5.41) is 3.51. The number of nitrogens with two attached hydrogens (primary N) is 1. The summed E-state index contributed by atoms with van der Waals surface area (Å²) in [5.41, 5.74) is 11.4.